The second kappa shape index (κ2) is 12.5. The molecule has 2 aromatic rings. The van der Waals surface area contributed by atoms with Crippen molar-refractivity contribution in [1.82, 2.24) is 4.90 Å². The van der Waals surface area contributed by atoms with E-state index in [0.29, 0.717) is 37.8 Å². The lowest BCUT2D eigenvalue weighted by Gasteiger charge is -2.18. The number of aromatic hydroxyl groups is 1. The number of aryl methyl sites for hydroxylation is 1. The molecular weight excluding hydrogens is 570 g/mol. The molecule has 224 valence electrons. The Kier molecular flexibility index (Phi) is 8.94. The van der Waals surface area contributed by atoms with Crippen molar-refractivity contribution < 1.29 is 35.8 Å². The molecule has 2 aromatic carbocycles. The van der Waals surface area contributed by atoms with Gasteiger partial charge in [-0.1, -0.05) is 36.4 Å². The Morgan fingerprint density at radius 2 is 1.83 bits per heavy atom. The van der Waals surface area contributed by atoms with Crippen molar-refractivity contribution in [3.63, 3.8) is 0 Å². The average Bonchev–Trinajstić information content (AvgIpc) is 3.15. The minimum atomic E-state index is -5.46. The number of nitrogens with zero attached hydrogens (tertiary/aromatic N) is 1. The summed E-state index contributed by atoms with van der Waals surface area (Å²) in [4.78, 5) is 1.41. The number of sulfone groups is 1. The molecule has 1 saturated heterocycles. The first-order chi connectivity index (χ1) is 20.1. The summed E-state index contributed by atoms with van der Waals surface area (Å²) in [5, 5.41) is 10.2. The van der Waals surface area contributed by atoms with Gasteiger partial charge in [-0.05, 0) is 95.9 Å². The Morgan fingerprint density at radius 3 is 2.57 bits per heavy atom. The molecule has 1 N–H and O–H groups in total. The van der Waals surface area contributed by atoms with Crippen LogP contribution in [0.3, 0.4) is 0 Å². The van der Waals surface area contributed by atoms with Crippen molar-refractivity contribution in [3.8, 4) is 5.75 Å². The number of phenolic OH excluding ortho intramolecular Hbond substituents is 1. The molecule has 1 aliphatic heterocycles. The number of phenols is 1. The predicted octanol–water partition coefficient (Wildman–Crippen LogP) is 7.15. The number of allylic oxidation sites excluding steroid dienone is 7. The number of likely N-dealkylation sites (tertiary alicyclic amines) is 1. The maximum absolute atomic E-state index is 13.1. The molecule has 3 aliphatic rings. The van der Waals surface area contributed by atoms with E-state index in [1.807, 2.05) is 30.4 Å². The van der Waals surface area contributed by atoms with Gasteiger partial charge in [0, 0.05) is 26.1 Å². The van der Waals surface area contributed by atoms with E-state index < -0.39 is 20.2 Å². The van der Waals surface area contributed by atoms with Crippen LogP contribution in [0.5, 0.6) is 5.75 Å². The highest BCUT2D eigenvalue weighted by atomic mass is 32.2. The molecule has 0 amide bonds. The maximum atomic E-state index is 13.1. The van der Waals surface area contributed by atoms with Crippen molar-refractivity contribution in [3.05, 3.63) is 94.8 Å². The Labute approximate surface area is 243 Å². The molecule has 42 heavy (non-hydrogen) atoms. The van der Waals surface area contributed by atoms with Gasteiger partial charge in [0.05, 0.1) is 11.6 Å². The van der Waals surface area contributed by atoms with E-state index in [1.165, 1.54) is 12.1 Å². The van der Waals surface area contributed by atoms with Gasteiger partial charge in [-0.15, -0.1) is 0 Å². The largest absolute Gasteiger partial charge is 0.508 e. The van der Waals surface area contributed by atoms with E-state index in [9.17, 15) is 31.1 Å². The number of ether oxygens (including phenoxy) is 1. The minimum absolute atomic E-state index is 0.0297. The molecule has 0 radical (unpaired) electrons. The monoisotopic (exact) mass is 603 g/mol. The standard InChI is InChI=1S/C32H33F4NO4S/c33-17-3-18-37-19-16-27(21-37)41-26-6-1-4-23(8-12-26)31-29(7-2-5-24-20-25(38)11-15-30(24)31)22-9-13-28(14-10-22)42(39,40)32(34,35)36/h1,4,8-15,20,27,38H,2-3,5-7,16-19,21H2/t27-/m0/s1. The van der Waals surface area contributed by atoms with Crippen molar-refractivity contribution in [2.45, 2.75) is 55.0 Å². The molecular formula is C32H33F4NO4S. The molecule has 1 atom stereocenters. The SMILES string of the molecule is O=S(=O)(c1ccc(C2=C(C3=CC=C(O[C@H]4CCN(CCCF)C4)CC=C3)c3ccc(O)cc3CCC2)cc1)C(F)(F)F. The molecule has 10 heteroatoms. The van der Waals surface area contributed by atoms with Crippen LogP contribution in [0.1, 0.15) is 48.8 Å². The fourth-order valence-electron chi connectivity index (χ4n) is 5.82. The van der Waals surface area contributed by atoms with Crippen LogP contribution in [-0.2, 0) is 21.0 Å². The third kappa shape index (κ3) is 6.49. The zero-order valence-corrected chi connectivity index (χ0v) is 23.9. The lowest BCUT2D eigenvalue weighted by molar-refractivity contribution is -0.0436. The third-order valence-electron chi connectivity index (χ3n) is 7.86. The first kappa shape index (κ1) is 30.1. The zero-order chi connectivity index (χ0) is 29.9. The van der Waals surface area contributed by atoms with Gasteiger partial charge in [0.15, 0.2) is 0 Å². The van der Waals surface area contributed by atoms with E-state index in [2.05, 4.69) is 4.90 Å². The van der Waals surface area contributed by atoms with Gasteiger partial charge in [-0.2, -0.15) is 13.2 Å². The molecule has 2 aliphatic carbocycles. The van der Waals surface area contributed by atoms with E-state index in [4.69, 9.17) is 4.74 Å². The minimum Gasteiger partial charge on any atom is -0.508 e. The first-order valence-electron chi connectivity index (χ1n) is 14.1. The lowest BCUT2D eigenvalue weighted by atomic mass is 9.87. The fourth-order valence-corrected chi connectivity index (χ4v) is 6.58. The molecule has 0 spiro atoms. The summed E-state index contributed by atoms with van der Waals surface area (Å²) >= 11 is 0. The van der Waals surface area contributed by atoms with Crippen molar-refractivity contribution >= 4 is 21.0 Å². The van der Waals surface area contributed by atoms with Crippen LogP contribution in [0.15, 0.2) is 83.0 Å². The summed E-state index contributed by atoms with van der Waals surface area (Å²) in [6.45, 7) is 2.01. The number of fused-ring (bicyclic) bond motifs is 1. The van der Waals surface area contributed by atoms with Gasteiger partial charge in [0.25, 0.3) is 9.84 Å². The number of alkyl halides is 4. The highest BCUT2D eigenvalue weighted by Crippen LogP contribution is 2.42. The van der Waals surface area contributed by atoms with Crippen LogP contribution >= 0.6 is 0 Å². The Bertz CT molecular complexity index is 1540. The van der Waals surface area contributed by atoms with Gasteiger partial charge < -0.3 is 9.84 Å². The van der Waals surface area contributed by atoms with E-state index in [0.717, 1.165) is 71.7 Å². The van der Waals surface area contributed by atoms with Crippen molar-refractivity contribution in [2.75, 3.05) is 26.3 Å². The Morgan fingerprint density at radius 1 is 1.05 bits per heavy atom. The highest BCUT2D eigenvalue weighted by molar-refractivity contribution is 7.92. The summed E-state index contributed by atoms with van der Waals surface area (Å²) in [6, 6.07) is 10.1. The second-order valence-corrected chi connectivity index (χ2v) is 12.7. The van der Waals surface area contributed by atoms with Crippen LogP contribution < -0.4 is 0 Å². The summed E-state index contributed by atoms with van der Waals surface area (Å²) in [7, 11) is -5.46. The number of hydrogen-bond acceptors (Lipinski definition) is 5. The van der Waals surface area contributed by atoms with Crippen LogP contribution in [0.25, 0.3) is 11.1 Å². The topological polar surface area (TPSA) is 66.8 Å². The van der Waals surface area contributed by atoms with Gasteiger partial charge >= 0.3 is 5.51 Å². The molecule has 0 unspecified atom stereocenters. The highest BCUT2D eigenvalue weighted by Gasteiger charge is 2.46. The van der Waals surface area contributed by atoms with Gasteiger partial charge in [0.2, 0.25) is 0 Å². The number of rotatable bonds is 8. The van der Waals surface area contributed by atoms with E-state index in [1.54, 1.807) is 12.1 Å². The number of halogens is 4. The Hall–Kier alpha value is -3.37. The molecule has 1 fully saturated rings. The van der Waals surface area contributed by atoms with Gasteiger partial charge in [-0.25, -0.2) is 8.42 Å². The average molecular weight is 604 g/mol. The first-order valence-corrected chi connectivity index (χ1v) is 15.5. The lowest BCUT2D eigenvalue weighted by Crippen LogP contribution is -2.24. The van der Waals surface area contributed by atoms with Crippen LogP contribution in [0.4, 0.5) is 17.6 Å². The molecule has 0 saturated carbocycles. The van der Waals surface area contributed by atoms with Gasteiger partial charge in [0.1, 0.15) is 17.6 Å². The third-order valence-corrected chi connectivity index (χ3v) is 9.36. The van der Waals surface area contributed by atoms with E-state index >= 15 is 0 Å². The molecule has 0 aromatic heterocycles. The number of hydrogen-bond donors (Lipinski definition) is 1. The normalized spacial score (nSPS) is 20.0. The molecule has 5 rings (SSSR count). The summed E-state index contributed by atoms with van der Waals surface area (Å²) < 4.78 is 82.2. The molecule has 1 heterocycles. The van der Waals surface area contributed by atoms with E-state index in [-0.39, 0.29) is 18.5 Å². The Balaban J connectivity index is 1.51. The zero-order valence-electron chi connectivity index (χ0n) is 23.0. The summed E-state index contributed by atoms with van der Waals surface area (Å²) in [5.74, 6) is 0.957. The summed E-state index contributed by atoms with van der Waals surface area (Å²) in [6.07, 6.45) is 11.9. The smallest absolute Gasteiger partial charge is 0.501 e. The van der Waals surface area contributed by atoms with Crippen LogP contribution in [0.2, 0.25) is 0 Å². The predicted molar refractivity (Wildman–Crippen MR) is 154 cm³/mol. The van der Waals surface area contributed by atoms with Crippen LogP contribution in [0, 0.1) is 0 Å². The fraction of sp³-hybridized carbons (Fsp3) is 0.375. The second-order valence-electron chi connectivity index (χ2n) is 10.8. The maximum Gasteiger partial charge on any atom is 0.501 e. The number of benzene rings is 2. The molecule has 0 bridgehead atoms. The quantitative estimate of drug-likeness (QED) is 0.325. The summed E-state index contributed by atoms with van der Waals surface area (Å²) in [5.41, 5.74) is -0.264. The van der Waals surface area contributed by atoms with Crippen molar-refractivity contribution in [2.24, 2.45) is 0 Å². The van der Waals surface area contributed by atoms with Crippen LogP contribution in [-0.4, -0.2) is 56.3 Å². The van der Waals surface area contributed by atoms with Crippen molar-refractivity contribution in [1.29, 1.82) is 0 Å². The van der Waals surface area contributed by atoms with Gasteiger partial charge in [-0.3, -0.25) is 9.29 Å². The molecule has 5 nitrogen and oxygen atoms in total.